The lowest BCUT2D eigenvalue weighted by Gasteiger charge is -2.26. The molecule has 90 valence electrons. The highest BCUT2D eigenvalue weighted by Crippen LogP contribution is 2.30. The highest BCUT2D eigenvalue weighted by Gasteiger charge is 2.18. The zero-order valence-corrected chi connectivity index (χ0v) is 10.3. The smallest absolute Gasteiger partial charge is 0.157 e. The Labute approximate surface area is 98.5 Å². The van der Waals surface area contributed by atoms with Crippen LogP contribution in [0.2, 0.25) is 0 Å². The van der Waals surface area contributed by atoms with Crippen molar-refractivity contribution in [2.24, 2.45) is 11.8 Å². The molecule has 0 radical (unpaired) electrons. The predicted octanol–water partition coefficient (Wildman–Crippen LogP) is 3.04. The Balaban J connectivity index is 1.61. The van der Waals surface area contributed by atoms with Crippen molar-refractivity contribution in [3.8, 4) is 0 Å². The normalized spacial score (nSPS) is 30.3. The van der Waals surface area contributed by atoms with E-state index in [1.807, 2.05) is 0 Å². The minimum absolute atomic E-state index is 0.286. The molecule has 16 heavy (non-hydrogen) atoms. The van der Waals surface area contributed by atoms with Gasteiger partial charge in [0, 0.05) is 24.7 Å². The van der Waals surface area contributed by atoms with Gasteiger partial charge in [0.25, 0.3) is 0 Å². The molecule has 0 unspecified atom stereocenters. The molecule has 0 saturated heterocycles. The second-order valence-corrected chi connectivity index (χ2v) is 5.48. The SMILES string of the molecule is CC1CCC(CCNC2=CC(=O)CC2)CC1. The lowest BCUT2D eigenvalue weighted by atomic mass is 9.81. The largest absolute Gasteiger partial charge is 0.388 e. The summed E-state index contributed by atoms with van der Waals surface area (Å²) >= 11 is 0. The molecule has 0 aromatic carbocycles. The van der Waals surface area contributed by atoms with Gasteiger partial charge in [-0.3, -0.25) is 4.79 Å². The van der Waals surface area contributed by atoms with Crippen molar-refractivity contribution in [1.82, 2.24) is 5.32 Å². The van der Waals surface area contributed by atoms with Crippen LogP contribution in [0.15, 0.2) is 11.8 Å². The number of rotatable bonds is 4. The molecule has 0 bridgehead atoms. The quantitative estimate of drug-likeness (QED) is 0.790. The first-order valence-corrected chi connectivity index (χ1v) is 6.71. The Morgan fingerprint density at radius 2 is 2.00 bits per heavy atom. The summed E-state index contributed by atoms with van der Waals surface area (Å²) in [6.07, 6.45) is 10.3. The fourth-order valence-corrected chi connectivity index (χ4v) is 2.79. The summed E-state index contributed by atoms with van der Waals surface area (Å²) in [7, 11) is 0. The third kappa shape index (κ3) is 3.36. The van der Waals surface area contributed by atoms with Gasteiger partial charge in [-0.2, -0.15) is 0 Å². The van der Waals surface area contributed by atoms with Crippen LogP contribution in [0.4, 0.5) is 0 Å². The molecule has 0 aromatic heterocycles. The molecular weight excluding hydrogens is 198 g/mol. The first-order valence-electron chi connectivity index (χ1n) is 6.71. The molecule has 2 aliphatic carbocycles. The van der Waals surface area contributed by atoms with E-state index in [4.69, 9.17) is 0 Å². The second-order valence-electron chi connectivity index (χ2n) is 5.48. The Hall–Kier alpha value is -0.790. The van der Waals surface area contributed by atoms with Gasteiger partial charge in [-0.25, -0.2) is 0 Å². The average Bonchev–Trinajstić information content (AvgIpc) is 2.67. The minimum Gasteiger partial charge on any atom is -0.388 e. The van der Waals surface area contributed by atoms with Gasteiger partial charge in [-0.05, 0) is 24.7 Å². The van der Waals surface area contributed by atoms with Gasteiger partial charge in [-0.1, -0.05) is 32.6 Å². The lowest BCUT2D eigenvalue weighted by molar-refractivity contribution is -0.114. The zero-order chi connectivity index (χ0) is 11.4. The first kappa shape index (κ1) is 11.7. The Bertz CT molecular complexity index is 274. The van der Waals surface area contributed by atoms with E-state index in [1.54, 1.807) is 6.08 Å². The molecule has 0 spiro atoms. The molecule has 2 nitrogen and oxygen atoms in total. The maximum atomic E-state index is 11.0. The zero-order valence-electron chi connectivity index (χ0n) is 10.3. The van der Waals surface area contributed by atoms with Crippen molar-refractivity contribution in [3.05, 3.63) is 11.8 Å². The third-order valence-electron chi connectivity index (χ3n) is 4.02. The van der Waals surface area contributed by atoms with Crippen molar-refractivity contribution in [2.75, 3.05) is 6.54 Å². The summed E-state index contributed by atoms with van der Waals surface area (Å²) in [6, 6.07) is 0. The Morgan fingerprint density at radius 1 is 1.25 bits per heavy atom. The van der Waals surface area contributed by atoms with Crippen molar-refractivity contribution >= 4 is 5.78 Å². The molecular formula is C14H23NO. The fraction of sp³-hybridized carbons (Fsp3) is 0.786. The number of hydrogen-bond donors (Lipinski definition) is 1. The van der Waals surface area contributed by atoms with Crippen LogP contribution >= 0.6 is 0 Å². The van der Waals surface area contributed by atoms with Gasteiger partial charge in [0.2, 0.25) is 0 Å². The van der Waals surface area contributed by atoms with Gasteiger partial charge in [-0.15, -0.1) is 0 Å². The fourth-order valence-electron chi connectivity index (χ4n) is 2.79. The predicted molar refractivity (Wildman–Crippen MR) is 66.1 cm³/mol. The maximum absolute atomic E-state index is 11.0. The summed E-state index contributed by atoms with van der Waals surface area (Å²) in [4.78, 5) is 11.0. The number of allylic oxidation sites excluding steroid dienone is 2. The second kappa shape index (κ2) is 5.51. The van der Waals surface area contributed by atoms with E-state index in [1.165, 1.54) is 32.1 Å². The number of carbonyl (C=O) groups excluding carboxylic acids is 1. The first-order chi connectivity index (χ1) is 7.74. The van der Waals surface area contributed by atoms with Crippen LogP contribution in [-0.2, 0) is 4.79 Å². The topological polar surface area (TPSA) is 29.1 Å². The van der Waals surface area contributed by atoms with E-state index < -0.39 is 0 Å². The summed E-state index contributed by atoms with van der Waals surface area (Å²) in [5.74, 6) is 2.15. The molecule has 2 rings (SSSR count). The molecule has 0 aromatic rings. The summed E-state index contributed by atoms with van der Waals surface area (Å²) < 4.78 is 0. The third-order valence-corrected chi connectivity index (χ3v) is 4.02. The van der Waals surface area contributed by atoms with Crippen LogP contribution in [0, 0.1) is 11.8 Å². The summed E-state index contributed by atoms with van der Waals surface area (Å²) in [5, 5.41) is 3.41. The lowest BCUT2D eigenvalue weighted by Crippen LogP contribution is -2.19. The van der Waals surface area contributed by atoms with E-state index in [2.05, 4.69) is 12.2 Å². The average molecular weight is 221 g/mol. The van der Waals surface area contributed by atoms with E-state index >= 15 is 0 Å². The Kier molecular flexibility index (Phi) is 4.03. The van der Waals surface area contributed by atoms with Crippen molar-refractivity contribution in [2.45, 2.75) is 51.9 Å². The van der Waals surface area contributed by atoms with E-state index in [-0.39, 0.29) is 5.78 Å². The van der Waals surface area contributed by atoms with Crippen LogP contribution in [0.3, 0.4) is 0 Å². The van der Waals surface area contributed by atoms with E-state index in [0.29, 0.717) is 6.42 Å². The molecule has 2 heteroatoms. The van der Waals surface area contributed by atoms with Gasteiger partial charge >= 0.3 is 0 Å². The highest BCUT2D eigenvalue weighted by molar-refractivity contribution is 5.92. The van der Waals surface area contributed by atoms with Crippen LogP contribution < -0.4 is 5.32 Å². The van der Waals surface area contributed by atoms with Crippen LogP contribution in [-0.4, -0.2) is 12.3 Å². The van der Waals surface area contributed by atoms with Crippen LogP contribution in [0.1, 0.15) is 51.9 Å². The number of carbonyl (C=O) groups is 1. The summed E-state index contributed by atoms with van der Waals surface area (Å²) in [6.45, 7) is 3.42. The minimum atomic E-state index is 0.286. The van der Waals surface area contributed by atoms with Gasteiger partial charge in [0.15, 0.2) is 5.78 Å². The van der Waals surface area contributed by atoms with Crippen molar-refractivity contribution < 1.29 is 4.79 Å². The molecule has 1 fully saturated rings. The molecule has 0 amide bonds. The summed E-state index contributed by atoms with van der Waals surface area (Å²) in [5.41, 5.74) is 1.16. The number of nitrogens with one attached hydrogen (secondary N) is 1. The monoisotopic (exact) mass is 221 g/mol. The molecule has 0 atom stereocenters. The standard InChI is InChI=1S/C14H23NO/c1-11-2-4-12(5-3-11)8-9-15-13-6-7-14(16)10-13/h10-12,15H,2-9H2,1H3. The van der Waals surface area contributed by atoms with Crippen molar-refractivity contribution in [1.29, 1.82) is 0 Å². The van der Waals surface area contributed by atoms with Gasteiger partial charge in [0.1, 0.15) is 0 Å². The van der Waals surface area contributed by atoms with Crippen LogP contribution in [0.5, 0.6) is 0 Å². The van der Waals surface area contributed by atoms with Gasteiger partial charge in [0.05, 0.1) is 0 Å². The van der Waals surface area contributed by atoms with Crippen LogP contribution in [0.25, 0.3) is 0 Å². The highest BCUT2D eigenvalue weighted by atomic mass is 16.1. The molecule has 1 saturated carbocycles. The maximum Gasteiger partial charge on any atom is 0.157 e. The number of hydrogen-bond acceptors (Lipinski definition) is 2. The van der Waals surface area contributed by atoms with E-state index in [9.17, 15) is 4.79 Å². The number of ketones is 1. The molecule has 1 N–H and O–H groups in total. The Morgan fingerprint density at radius 3 is 2.62 bits per heavy atom. The van der Waals surface area contributed by atoms with Gasteiger partial charge < -0.3 is 5.32 Å². The molecule has 2 aliphatic rings. The molecule has 0 heterocycles. The van der Waals surface area contributed by atoms with Crippen molar-refractivity contribution in [3.63, 3.8) is 0 Å². The molecule has 0 aliphatic heterocycles. The van der Waals surface area contributed by atoms with E-state index in [0.717, 1.165) is 30.5 Å².